The minimum absolute atomic E-state index is 0.554. The minimum atomic E-state index is -0.554. The third-order valence-electron chi connectivity index (χ3n) is 3.26. The van der Waals surface area contributed by atoms with Gasteiger partial charge in [-0.25, -0.2) is 0 Å². The van der Waals surface area contributed by atoms with Crippen LogP contribution in [0.3, 0.4) is 0 Å². The summed E-state index contributed by atoms with van der Waals surface area (Å²) in [5, 5.41) is 15.4. The van der Waals surface area contributed by atoms with Crippen molar-refractivity contribution in [1.29, 1.82) is 0 Å². The summed E-state index contributed by atoms with van der Waals surface area (Å²) in [5.41, 5.74) is 3.00. The molecular weight excluding hydrogens is 236 g/mol. The summed E-state index contributed by atoms with van der Waals surface area (Å²) in [6, 6.07) is 18.2. The van der Waals surface area contributed by atoms with Crippen LogP contribution in [0.1, 0.15) is 24.3 Å². The zero-order valence-corrected chi connectivity index (χ0v) is 10.8. The average molecular weight is 252 g/mol. The zero-order chi connectivity index (χ0) is 13.2. The van der Waals surface area contributed by atoms with Crippen LogP contribution in [0.25, 0.3) is 10.9 Å². The van der Waals surface area contributed by atoms with Crippen LogP contribution in [0.15, 0.2) is 54.6 Å². The first-order chi connectivity index (χ1) is 9.25. The van der Waals surface area contributed by atoms with E-state index in [0.717, 1.165) is 16.6 Å². The highest BCUT2D eigenvalue weighted by atomic mass is 16.3. The van der Waals surface area contributed by atoms with Gasteiger partial charge < -0.3 is 5.11 Å². The molecule has 0 aliphatic rings. The van der Waals surface area contributed by atoms with Gasteiger partial charge >= 0.3 is 0 Å². The molecule has 0 fully saturated rings. The van der Waals surface area contributed by atoms with Gasteiger partial charge in [-0.3, -0.25) is 4.68 Å². The molecule has 1 atom stereocenters. The quantitative estimate of drug-likeness (QED) is 0.777. The number of hydrogen-bond acceptors (Lipinski definition) is 2. The first kappa shape index (κ1) is 11.9. The summed E-state index contributed by atoms with van der Waals surface area (Å²) in [6.45, 7) is 2.47. The van der Waals surface area contributed by atoms with E-state index < -0.39 is 6.10 Å². The van der Waals surface area contributed by atoms with Gasteiger partial charge in [-0.05, 0) is 18.6 Å². The Morgan fingerprint density at radius 2 is 1.74 bits per heavy atom. The number of benzene rings is 2. The molecule has 3 aromatic rings. The number of aliphatic hydroxyl groups is 1. The Morgan fingerprint density at radius 3 is 2.47 bits per heavy atom. The lowest BCUT2D eigenvalue weighted by atomic mass is 10.1. The topological polar surface area (TPSA) is 38.1 Å². The van der Waals surface area contributed by atoms with Gasteiger partial charge in [0.05, 0.1) is 23.9 Å². The highest BCUT2D eigenvalue weighted by Gasteiger charge is 2.13. The van der Waals surface area contributed by atoms with Crippen molar-refractivity contribution >= 4 is 10.9 Å². The standard InChI is InChI=1S/C16H16N2O/c1-12(19)16-14-9-5-6-10-15(14)18(17-16)11-13-7-3-2-4-8-13/h2-10,12,19H,11H2,1H3. The molecule has 3 nitrogen and oxygen atoms in total. The first-order valence-electron chi connectivity index (χ1n) is 6.43. The first-order valence-corrected chi connectivity index (χ1v) is 6.43. The second kappa shape index (κ2) is 4.86. The van der Waals surface area contributed by atoms with Gasteiger partial charge in [0.1, 0.15) is 0 Å². The summed E-state index contributed by atoms with van der Waals surface area (Å²) in [4.78, 5) is 0. The molecule has 19 heavy (non-hydrogen) atoms. The summed E-state index contributed by atoms with van der Waals surface area (Å²) in [7, 11) is 0. The van der Waals surface area contributed by atoms with E-state index in [9.17, 15) is 5.11 Å². The number of aliphatic hydroxyl groups excluding tert-OH is 1. The molecule has 2 aromatic carbocycles. The third-order valence-corrected chi connectivity index (χ3v) is 3.26. The van der Waals surface area contributed by atoms with E-state index in [-0.39, 0.29) is 0 Å². The maximum atomic E-state index is 9.83. The molecule has 1 unspecified atom stereocenters. The number of fused-ring (bicyclic) bond motifs is 1. The lowest BCUT2D eigenvalue weighted by Crippen LogP contribution is -2.02. The number of aromatic nitrogens is 2. The fraction of sp³-hybridized carbons (Fsp3) is 0.188. The van der Waals surface area contributed by atoms with Crippen molar-refractivity contribution in [3.63, 3.8) is 0 Å². The Kier molecular flexibility index (Phi) is 3.05. The van der Waals surface area contributed by atoms with Crippen LogP contribution in [-0.4, -0.2) is 14.9 Å². The summed E-state index contributed by atoms with van der Waals surface area (Å²) in [5.74, 6) is 0. The zero-order valence-electron chi connectivity index (χ0n) is 10.8. The molecule has 1 aromatic heterocycles. The Hall–Kier alpha value is -2.13. The Balaban J connectivity index is 2.09. The van der Waals surface area contributed by atoms with Crippen LogP contribution in [0.5, 0.6) is 0 Å². The monoisotopic (exact) mass is 252 g/mol. The van der Waals surface area contributed by atoms with Gasteiger partial charge in [0.2, 0.25) is 0 Å². The SMILES string of the molecule is CC(O)c1nn(Cc2ccccc2)c2ccccc12. The van der Waals surface area contributed by atoms with Crippen molar-refractivity contribution in [3.05, 3.63) is 65.9 Å². The molecule has 3 rings (SSSR count). The van der Waals surface area contributed by atoms with Gasteiger partial charge in [-0.2, -0.15) is 5.10 Å². The smallest absolute Gasteiger partial charge is 0.0985 e. The molecule has 96 valence electrons. The van der Waals surface area contributed by atoms with Gasteiger partial charge in [-0.1, -0.05) is 48.5 Å². The van der Waals surface area contributed by atoms with Gasteiger partial charge in [-0.15, -0.1) is 0 Å². The number of rotatable bonds is 3. The van der Waals surface area contributed by atoms with Gasteiger partial charge in [0.15, 0.2) is 0 Å². The van der Waals surface area contributed by atoms with Crippen molar-refractivity contribution in [3.8, 4) is 0 Å². The maximum absolute atomic E-state index is 9.83. The number of hydrogen-bond donors (Lipinski definition) is 1. The molecular formula is C16H16N2O. The van der Waals surface area contributed by atoms with E-state index in [1.165, 1.54) is 5.56 Å². The maximum Gasteiger partial charge on any atom is 0.0985 e. The fourth-order valence-electron chi connectivity index (χ4n) is 2.34. The molecule has 0 amide bonds. The van der Waals surface area contributed by atoms with E-state index in [1.54, 1.807) is 6.92 Å². The molecule has 0 spiro atoms. The normalized spacial score (nSPS) is 12.7. The second-order valence-corrected chi connectivity index (χ2v) is 4.72. The highest BCUT2D eigenvalue weighted by Crippen LogP contribution is 2.24. The van der Waals surface area contributed by atoms with Gasteiger partial charge in [0.25, 0.3) is 0 Å². The molecule has 0 radical (unpaired) electrons. The van der Waals surface area contributed by atoms with Crippen molar-refractivity contribution < 1.29 is 5.11 Å². The predicted molar refractivity (Wildman–Crippen MR) is 75.9 cm³/mol. The molecule has 0 aliphatic heterocycles. The molecule has 3 heteroatoms. The fourth-order valence-corrected chi connectivity index (χ4v) is 2.34. The van der Waals surface area contributed by atoms with E-state index >= 15 is 0 Å². The van der Waals surface area contributed by atoms with Crippen LogP contribution in [0.4, 0.5) is 0 Å². The van der Waals surface area contributed by atoms with Crippen LogP contribution in [-0.2, 0) is 6.54 Å². The molecule has 0 aliphatic carbocycles. The molecule has 0 bridgehead atoms. The average Bonchev–Trinajstić information content (AvgIpc) is 2.79. The Bertz CT molecular complexity index is 686. The van der Waals surface area contributed by atoms with Gasteiger partial charge in [0, 0.05) is 5.39 Å². The second-order valence-electron chi connectivity index (χ2n) is 4.72. The highest BCUT2D eigenvalue weighted by molar-refractivity contribution is 5.82. The van der Waals surface area contributed by atoms with E-state index in [0.29, 0.717) is 6.54 Å². The van der Waals surface area contributed by atoms with E-state index in [2.05, 4.69) is 17.2 Å². The predicted octanol–water partition coefficient (Wildman–Crippen LogP) is 3.14. The lowest BCUT2D eigenvalue weighted by Gasteiger charge is -2.03. The van der Waals surface area contributed by atoms with E-state index in [4.69, 9.17) is 0 Å². The van der Waals surface area contributed by atoms with Crippen molar-refractivity contribution in [2.45, 2.75) is 19.6 Å². The largest absolute Gasteiger partial charge is 0.387 e. The van der Waals surface area contributed by atoms with Crippen LogP contribution in [0.2, 0.25) is 0 Å². The molecule has 0 saturated heterocycles. The Labute approximate surface area is 112 Å². The number of nitrogens with zero attached hydrogens (tertiary/aromatic N) is 2. The van der Waals surface area contributed by atoms with Crippen molar-refractivity contribution in [2.75, 3.05) is 0 Å². The third kappa shape index (κ3) is 2.25. The number of para-hydroxylation sites is 1. The van der Waals surface area contributed by atoms with Crippen LogP contribution < -0.4 is 0 Å². The van der Waals surface area contributed by atoms with Crippen molar-refractivity contribution in [2.24, 2.45) is 0 Å². The Morgan fingerprint density at radius 1 is 1.05 bits per heavy atom. The molecule has 1 N–H and O–H groups in total. The summed E-state index contributed by atoms with van der Waals surface area (Å²) < 4.78 is 1.95. The van der Waals surface area contributed by atoms with Crippen LogP contribution >= 0.6 is 0 Å². The summed E-state index contributed by atoms with van der Waals surface area (Å²) in [6.07, 6.45) is -0.554. The van der Waals surface area contributed by atoms with E-state index in [1.807, 2.05) is 47.1 Å². The molecule has 0 saturated carbocycles. The summed E-state index contributed by atoms with van der Waals surface area (Å²) >= 11 is 0. The lowest BCUT2D eigenvalue weighted by molar-refractivity contribution is 0.194. The molecule has 1 heterocycles. The van der Waals surface area contributed by atoms with Crippen molar-refractivity contribution in [1.82, 2.24) is 9.78 Å². The minimum Gasteiger partial charge on any atom is -0.387 e. The van der Waals surface area contributed by atoms with Crippen LogP contribution in [0, 0.1) is 0 Å².